The molecule has 0 fully saturated rings. The lowest BCUT2D eigenvalue weighted by Gasteiger charge is -2.25. The van der Waals surface area contributed by atoms with Gasteiger partial charge in [-0.25, -0.2) is 0 Å². The third-order valence-electron chi connectivity index (χ3n) is 3.36. The van der Waals surface area contributed by atoms with Gasteiger partial charge in [0.15, 0.2) is 0 Å². The van der Waals surface area contributed by atoms with E-state index in [-0.39, 0.29) is 11.7 Å². The van der Waals surface area contributed by atoms with Crippen molar-refractivity contribution in [2.24, 2.45) is 0 Å². The molecule has 1 atom stereocenters. The van der Waals surface area contributed by atoms with Crippen LogP contribution in [0.1, 0.15) is 33.3 Å². The van der Waals surface area contributed by atoms with Crippen LogP contribution >= 0.6 is 0 Å². The molecule has 118 valence electrons. The highest BCUT2D eigenvalue weighted by Crippen LogP contribution is 2.28. The van der Waals surface area contributed by atoms with Crippen molar-refractivity contribution in [1.82, 2.24) is 4.98 Å². The summed E-state index contributed by atoms with van der Waals surface area (Å²) in [6, 6.07) is 10.3. The molecule has 0 aliphatic heterocycles. The maximum absolute atomic E-state index is 6.02. The highest BCUT2D eigenvalue weighted by molar-refractivity contribution is 5.65. The van der Waals surface area contributed by atoms with Gasteiger partial charge in [0.1, 0.15) is 5.75 Å². The van der Waals surface area contributed by atoms with Gasteiger partial charge in [-0.05, 0) is 68.7 Å². The number of ether oxygens (including phenoxy) is 2. The van der Waals surface area contributed by atoms with E-state index >= 15 is 0 Å². The van der Waals surface area contributed by atoms with Crippen LogP contribution < -0.4 is 4.74 Å². The molecule has 0 saturated heterocycles. The zero-order chi connectivity index (χ0) is 16.2. The molecule has 1 unspecified atom stereocenters. The predicted octanol–water partition coefficient (Wildman–Crippen LogP) is 4.50. The summed E-state index contributed by atoms with van der Waals surface area (Å²) in [6.07, 6.45) is 4.57. The van der Waals surface area contributed by atoms with Gasteiger partial charge >= 0.3 is 0 Å². The zero-order valence-corrected chi connectivity index (χ0v) is 14.1. The van der Waals surface area contributed by atoms with E-state index in [4.69, 9.17) is 9.47 Å². The minimum atomic E-state index is -0.143. The Morgan fingerprint density at radius 3 is 2.32 bits per heavy atom. The summed E-state index contributed by atoms with van der Waals surface area (Å²) in [7, 11) is 1.71. The number of rotatable bonds is 5. The van der Waals surface area contributed by atoms with E-state index in [1.165, 1.54) is 5.56 Å². The van der Waals surface area contributed by atoms with Crippen LogP contribution in [0.3, 0.4) is 0 Å². The van der Waals surface area contributed by atoms with Crippen LogP contribution in [0.25, 0.3) is 11.1 Å². The number of benzene rings is 1. The van der Waals surface area contributed by atoms with Crippen molar-refractivity contribution in [2.45, 2.75) is 45.8 Å². The van der Waals surface area contributed by atoms with Crippen LogP contribution in [0.5, 0.6) is 5.75 Å². The van der Waals surface area contributed by atoms with Gasteiger partial charge in [0.25, 0.3) is 0 Å². The van der Waals surface area contributed by atoms with Crippen molar-refractivity contribution in [1.29, 1.82) is 0 Å². The van der Waals surface area contributed by atoms with Crippen LogP contribution in [0.2, 0.25) is 0 Å². The average Bonchev–Trinajstić information content (AvgIpc) is 2.46. The lowest BCUT2D eigenvalue weighted by atomic mass is 10.00. The Kier molecular flexibility index (Phi) is 5.19. The molecule has 0 spiro atoms. The Labute approximate surface area is 133 Å². The maximum Gasteiger partial charge on any atom is 0.122 e. The SMILES string of the molecule is COc1ccc(-c2ccncc2)cc1CC(C)OC(C)(C)C. The molecule has 0 amide bonds. The first-order valence-electron chi connectivity index (χ1n) is 7.64. The van der Waals surface area contributed by atoms with Gasteiger partial charge in [0, 0.05) is 18.8 Å². The molecule has 0 radical (unpaired) electrons. The van der Waals surface area contributed by atoms with Gasteiger partial charge < -0.3 is 9.47 Å². The van der Waals surface area contributed by atoms with Crippen LogP contribution in [0.4, 0.5) is 0 Å². The number of methoxy groups -OCH3 is 1. The molecular formula is C19H25NO2. The Bertz CT molecular complexity index is 603. The first-order chi connectivity index (χ1) is 10.4. The van der Waals surface area contributed by atoms with Crippen molar-refractivity contribution in [3.63, 3.8) is 0 Å². The molecular weight excluding hydrogens is 274 g/mol. The summed E-state index contributed by atoms with van der Waals surface area (Å²) >= 11 is 0. The van der Waals surface area contributed by atoms with Crippen molar-refractivity contribution < 1.29 is 9.47 Å². The Balaban J connectivity index is 2.25. The molecule has 0 saturated carbocycles. The summed E-state index contributed by atoms with van der Waals surface area (Å²) in [6.45, 7) is 8.33. The van der Waals surface area contributed by atoms with E-state index in [0.29, 0.717) is 0 Å². The van der Waals surface area contributed by atoms with Gasteiger partial charge in [-0.15, -0.1) is 0 Å². The molecule has 3 nitrogen and oxygen atoms in total. The minimum absolute atomic E-state index is 0.126. The molecule has 1 aromatic carbocycles. The molecule has 22 heavy (non-hydrogen) atoms. The minimum Gasteiger partial charge on any atom is -0.496 e. The van der Waals surface area contributed by atoms with Gasteiger partial charge in [-0.3, -0.25) is 4.98 Å². The van der Waals surface area contributed by atoms with E-state index < -0.39 is 0 Å². The summed E-state index contributed by atoms with van der Waals surface area (Å²) in [5, 5.41) is 0. The molecule has 0 aliphatic rings. The lowest BCUT2D eigenvalue weighted by molar-refractivity contribution is -0.0506. The lowest BCUT2D eigenvalue weighted by Crippen LogP contribution is -2.26. The highest BCUT2D eigenvalue weighted by Gasteiger charge is 2.17. The number of hydrogen-bond acceptors (Lipinski definition) is 3. The number of aromatic nitrogens is 1. The fourth-order valence-electron chi connectivity index (χ4n) is 2.62. The molecule has 1 aromatic heterocycles. The van der Waals surface area contributed by atoms with Gasteiger partial charge in [-0.2, -0.15) is 0 Å². The van der Waals surface area contributed by atoms with Gasteiger partial charge in [0.05, 0.1) is 18.8 Å². The highest BCUT2D eigenvalue weighted by atomic mass is 16.5. The normalized spacial score (nSPS) is 13.0. The third-order valence-corrected chi connectivity index (χ3v) is 3.36. The van der Waals surface area contributed by atoms with E-state index in [2.05, 4.69) is 44.8 Å². The van der Waals surface area contributed by atoms with Crippen LogP contribution in [-0.2, 0) is 11.2 Å². The summed E-state index contributed by atoms with van der Waals surface area (Å²) < 4.78 is 11.5. The van der Waals surface area contributed by atoms with Crippen LogP contribution in [0, 0.1) is 0 Å². The molecule has 2 rings (SSSR count). The largest absolute Gasteiger partial charge is 0.496 e. The quantitative estimate of drug-likeness (QED) is 0.814. The van der Waals surface area contributed by atoms with E-state index in [9.17, 15) is 0 Å². The molecule has 2 aromatic rings. The molecule has 0 aliphatic carbocycles. The van der Waals surface area contributed by atoms with Crippen LogP contribution in [-0.4, -0.2) is 23.8 Å². The smallest absolute Gasteiger partial charge is 0.122 e. The topological polar surface area (TPSA) is 31.4 Å². The van der Waals surface area contributed by atoms with Gasteiger partial charge in [-0.1, -0.05) is 6.07 Å². The van der Waals surface area contributed by atoms with Crippen LogP contribution in [0.15, 0.2) is 42.7 Å². The second-order valence-corrected chi connectivity index (χ2v) is 6.51. The van der Waals surface area contributed by atoms with Crippen molar-refractivity contribution in [3.05, 3.63) is 48.3 Å². The molecule has 0 bridgehead atoms. The molecule has 3 heteroatoms. The second kappa shape index (κ2) is 6.93. The third kappa shape index (κ3) is 4.57. The Morgan fingerprint density at radius 1 is 1.05 bits per heavy atom. The van der Waals surface area contributed by atoms with E-state index in [1.54, 1.807) is 7.11 Å². The molecule has 1 heterocycles. The number of nitrogens with zero attached hydrogens (tertiary/aromatic N) is 1. The van der Waals surface area contributed by atoms with Crippen molar-refractivity contribution >= 4 is 0 Å². The summed E-state index contributed by atoms with van der Waals surface area (Å²) in [5.41, 5.74) is 3.34. The average molecular weight is 299 g/mol. The molecule has 0 N–H and O–H groups in total. The Morgan fingerprint density at radius 2 is 1.73 bits per heavy atom. The van der Waals surface area contributed by atoms with Crippen molar-refractivity contribution in [2.75, 3.05) is 7.11 Å². The number of hydrogen-bond donors (Lipinski definition) is 0. The first kappa shape index (κ1) is 16.5. The fourth-order valence-corrected chi connectivity index (χ4v) is 2.62. The van der Waals surface area contributed by atoms with Gasteiger partial charge in [0.2, 0.25) is 0 Å². The maximum atomic E-state index is 6.02. The second-order valence-electron chi connectivity index (χ2n) is 6.51. The Hall–Kier alpha value is -1.87. The standard InChI is InChI=1S/C19H25NO2/c1-14(22-19(2,3)4)12-17-13-16(6-7-18(17)21-5)15-8-10-20-11-9-15/h6-11,13-14H,12H2,1-5H3. The summed E-state index contributed by atoms with van der Waals surface area (Å²) in [4.78, 5) is 4.07. The summed E-state index contributed by atoms with van der Waals surface area (Å²) in [5.74, 6) is 0.905. The zero-order valence-electron chi connectivity index (χ0n) is 14.1. The monoisotopic (exact) mass is 299 g/mol. The number of pyridine rings is 1. The van der Waals surface area contributed by atoms with Crippen molar-refractivity contribution in [3.8, 4) is 16.9 Å². The first-order valence-corrected chi connectivity index (χ1v) is 7.64. The van der Waals surface area contributed by atoms with E-state index in [1.807, 2.05) is 30.6 Å². The van der Waals surface area contributed by atoms with E-state index in [0.717, 1.165) is 23.3 Å². The fraction of sp³-hybridized carbons (Fsp3) is 0.421. The predicted molar refractivity (Wildman–Crippen MR) is 90.2 cm³/mol.